The molecule has 0 radical (unpaired) electrons. The van der Waals surface area contributed by atoms with Gasteiger partial charge in [0.15, 0.2) is 0 Å². The summed E-state index contributed by atoms with van der Waals surface area (Å²) < 4.78 is 11.2. The Kier molecular flexibility index (Phi) is 9.38. The highest BCUT2D eigenvalue weighted by molar-refractivity contribution is 5.81. The minimum absolute atomic E-state index is 0.0643. The lowest BCUT2D eigenvalue weighted by Crippen LogP contribution is -2.28. The third kappa shape index (κ3) is 7.68. The van der Waals surface area contributed by atoms with Crippen molar-refractivity contribution in [3.05, 3.63) is 12.7 Å². The van der Waals surface area contributed by atoms with E-state index in [-0.39, 0.29) is 12.1 Å². The lowest BCUT2D eigenvalue weighted by Gasteiger charge is -2.28. The van der Waals surface area contributed by atoms with Crippen LogP contribution in [0.2, 0.25) is 0 Å². The van der Waals surface area contributed by atoms with Crippen LogP contribution in [0.1, 0.15) is 71.1 Å². The van der Waals surface area contributed by atoms with Crippen molar-refractivity contribution >= 4 is 5.97 Å². The van der Waals surface area contributed by atoms with Crippen molar-refractivity contribution in [1.29, 1.82) is 0 Å². The average molecular weight is 282 g/mol. The third-order valence-electron chi connectivity index (χ3n) is 3.92. The van der Waals surface area contributed by atoms with E-state index in [9.17, 15) is 4.79 Å². The fourth-order valence-electron chi connectivity index (χ4n) is 2.66. The van der Waals surface area contributed by atoms with E-state index in [1.807, 2.05) is 0 Å². The summed E-state index contributed by atoms with van der Waals surface area (Å²) in [7, 11) is 0. The fraction of sp³-hybridized carbons (Fsp3) is 0.824. The molecule has 0 saturated heterocycles. The number of rotatable bonds is 10. The van der Waals surface area contributed by atoms with Crippen molar-refractivity contribution in [2.24, 2.45) is 0 Å². The van der Waals surface area contributed by atoms with Crippen molar-refractivity contribution in [3.63, 3.8) is 0 Å². The van der Waals surface area contributed by atoms with Gasteiger partial charge < -0.3 is 9.47 Å². The Hall–Kier alpha value is -0.830. The Balaban J connectivity index is 1.97. The normalized spacial score (nSPS) is 22.4. The zero-order valence-corrected chi connectivity index (χ0v) is 12.9. The van der Waals surface area contributed by atoms with E-state index >= 15 is 0 Å². The maximum absolute atomic E-state index is 11.1. The molecule has 1 aliphatic carbocycles. The van der Waals surface area contributed by atoms with E-state index in [2.05, 4.69) is 13.5 Å². The molecule has 0 spiro atoms. The highest BCUT2D eigenvalue weighted by Crippen LogP contribution is 2.24. The van der Waals surface area contributed by atoms with Crippen LogP contribution in [0.15, 0.2) is 12.7 Å². The molecule has 1 fully saturated rings. The van der Waals surface area contributed by atoms with Gasteiger partial charge in [0, 0.05) is 12.7 Å². The monoisotopic (exact) mass is 282 g/mol. The van der Waals surface area contributed by atoms with Crippen LogP contribution in [0.5, 0.6) is 0 Å². The van der Waals surface area contributed by atoms with Crippen LogP contribution >= 0.6 is 0 Å². The summed E-state index contributed by atoms with van der Waals surface area (Å²) in [5.41, 5.74) is 0. The van der Waals surface area contributed by atoms with Gasteiger partial charge in [-0.1, -0.05) is 45.6 Å². The summed E-state index contributed by atoms with van der Waals surface area (Å²) in [6.07, 6.45) is 13.3. The van der Waals surface area contributed by atoms with E-state index in [1.54, 1.807) is 0 Å². The van der Waals surface area contributed by atoms with Crippen LogP contribution in [-0.2, 0) is 14.3 Å². The number of hydrogen-bond acceptors (Lipinski definition) is 3. The molecule has 1 rings (SSSR count). The molecule has 0 unspecified atom stereocenters. The molecule has 0 aromatic carbocycles. The molecule has 0 bridgehead atoms. The van der Waals surface area contributed by atoms with Gasteiger partial charge in [-0.2, -0.15) is 0 Å². The number of esters is 1. The van der Waals surface area contributed by atoms with Crippen molar-refractivity contribution in [2.45, 2.75) is 83.3 Å². The van der Waals surface area contributed by atoms with Crippen molar-refractivity contribution < 1.29 is 14.3 Å². The molecule has 116 valence electrons. The van der Waals surface area contributed by atoms with Gasteiger partial charge in [-0.15, -0.1) is 0 Å². The van der Waals surface area contributed by atoms with Crippen LogP contribution in [-0.4, -0.2) is 24.8 Å². The number of ether oxygens (including phenoxy) is 2. The molecular weight excluding hydrogens is 252 g/mol. The van der Waals surface area contributed by atoms with E-state index in [0.717, 1.165) is 32.3 Å². The van der Waals surface area contributed by atoms with Crippen molar-refractivity contribution in [2.75, 3.05) is 6.61 Å². The Morgan fingerprint density at radius 3 is 2.30 bits per heavy atom. The number of carbonyl (C=O) groups excluding carboxylic acids is 1. The van der Waals surface area contributed by atoms with Gasteiger partial charge in [-0.25, -0.2) is 4.79 Å². The Morgan fingerprint density at radius 1 is 1.05 bits per heavy atom. The smallest absolute Gasteiger partial charge is 0.330 e. The van der Waals surface area contributed by atoms with Crippen LogP contribution in [0.3, 0.4) is 0 Å². The predicted molar refractivity (Wildman–Crippen MR) is 81.7 cm³/mol. The molecule has 0 heterocycles. The largest absolute Gasteiger partial charge is 0.459 e. The van der Waals surface area contributed by atoms with E-state index < -0.39 is 0 Å². The Morgan fingerprint density at radius 2 is 1.65 bits per heavy atom. The highest BCUT2D eigenvalue weighted by Gasteiger charge is 2.23. The van der Waals surface area contributed by atoms with Gasteiger partial charge in [-0.3, -0.25) is 0 Å². The Bertz CT molecular complexity index is 267. The molecule has 0 aromatic heterocycles. The molecule has 0 aromatic rings. The molecule has 3 nitrogen and oxygen atoms in total. The van der Waals surface area contributed by atoms with E-state index in [4.69, 9.17) is 9.47 Å². The zero-order chi connectivity index (χ0) is 14.6. The molecular formula is C17H30O3. The molecule has 1 saturated carbocycles. The first-order chi connectivity index (χ1) is 9.76. The molecule has 1 aliphatic rings. The fourth-order valence-corrected chi connectivity index (χ4v) is 2.66. The maximum Gasteiger partial charge on any atom is 0.330 e. The summed E-state index contributed by atoms with van der Waals surface area (Å²) in [5.74, 6) is -0.304. The number of unbranched alkanes of at least 4 members (excludes halogenated alkanes) is 5. The standard InChI is InChI=1S/C17H30O3/c1-3-5-6-7-8-9-14-19-15-10-12-16(13-11-15)20-17(18)4-2/h4,15-16H,2-3,5-14H2,1H3. The number of carbonyl (C=O) groups is 1. The summed E-state index contributed by atoms with van der Waals surface area (Å²) in [5, 5.41) is 0. The van der Waals surface area contributed by atoms with Gasteiger partial charge >= 0.3 is 5.97 Å². The van der Waals surface area contributed by atoms with Gasteiger partial charge in [0.25, 0.3) is 0 Å². The second kappa shape index (κ2) is 10.9. The quantitative estimate of drug-likeness (QED) is 0.338. The van der Waals surface area contributed by atoms with Gasteiger partial charge in [-0.05, 0) is 32.1 Å². The first-order valence-corrected chi connectivity index (χ1v) is 8.21. The SMILES string of the molecule is C=CC(=O)OC1CCC(OCCCCCCCC)CC1. The van der Waals surface area contributed by atoms with E-state index in [0.29, 0.717) is 6.10 Å². The minimum atomic E-state index is -0.304. The summed E-state index contributed by atoms with van der Waals surface area (Å²) in [6, 6.07) is 0. The summed E-state index contributed by atoms with van der Waals surface area (Å²) in [6.45, 7) is 6.54. The summed E-state index contributed by atoms with van der Waals surface area (Å²) in [4.78, 5) is 11.1. The topological polar surface area (TPSA) is 35.5 Å². The van der Waals surface area contributed by atoms with Crippen molar-refractivity contribution in [1.82, 2.24) is 0 Å². The van der Waals surface area contributed by atoms with Crippen LogP contribution < -0.4 is 0 Å². The van der Waals surface area contributed by atoms with E-state index in [1.165, 1.54) is 44.6 Å². The molecule has 0 N–H and O–H groups in total. The lowest BCUT2D eigenvalue weighted by molar-refractivity contribution is -0.145. The van der Waals surface area contributed by atoms with Crippen molar-refractivity contribution in [3.8, 4) is 0 Å². The van der Waals surface area contributed by atoms with Gasteiger partial charge in [0.2, 0.25) is 0 Å². The lowest BCUT2D eigenvalue weighted by atomic mass is 9.95. The van der Waals surface area contributed by atoms with Gasteiger partial charge in [0.1, 0.15) is 6.10 Å². The molecule has 0 aliphatic heterocycles. The third-order valence-corrected chi connectivity index (χ3v) is 3.92. The highest BCUT2D eigenvalue weighted by atomic mass is 16.5. The van der Waals surface area contributed by atoms with Gasteiger partial charge in [0.05, 0.1) is 6.10 Å². The summed E-state index contributed by atoms with van der Waals surface area (Å²) >= 11 is 0. The van der Waals surface area contributed by atoms with Crippen LogP contribution in [0.25, 0.3) is 0 Å². The molecule has 0 atom stereocenters. The number of hydrogen-bond donors (Lipinski definition) is 0. The van der Waals surface area contributed by atoms with Crippen LogP contribution in [0.4, 0.5) is 0 Å². The van der Waals surface area contributed by atoms with Crippen LogP contribution in [0, 0.1) is 0 Å². The average Bonchev–Trinajstić information content (AvgIpc) is 2.48. The molecule has 3 heteroatoms. The predicted octanol–water partition coefficient (Wildman–Crippen LogP) is 4.40. The second-order valence-electron chi connectivity index (χ2n) is 5.68. The first kappa shape index (κ1) is 17.2. The molecule has 20 heavy (non-hydrogen) atoms. The maximum atomic E-state index is 11.1. The Labute approximate surface area is 123 Å². The minimum Gasteiger partial charge on any atom is -0.459 e. The molecule has 0 amide bonds. The second-order valence-corrected chi connectivity index (χ2v) is 5.68. The zero-order valence-electron chi connectivity index (χ0n) is 12.9. The first-order valence-electron chi connectivity index (χ1n) is 8.21.